The van der Waals surface area contributed by atoms with E-state index in [-0.39, 0.29) is 12.5 Å². The van der Waals surface area contributed by atoms with E-state index in [1.165, 1.54) is 12.4 Å². The molecule has 0 saturated heterocycles. The first-order valence-electron chi connectivity index (χ1n) is 2.41. The van der Waals surface area contributed by atoms with E-state index in [0.717, 1.165) is 4.47 Å². The van der Waals surface area contributed by atoms with E-state index in [4.69, 9.17) is 0 Å². The van der Waals surface area contributed by atoms with Crippen LogP contribution >= 0.6 is 15.9 Å². The van der Waals surface area contributed by atoms with Crippen LogP contribution in [0.15, 0.2) is 16.9 Å². The monoisotopic (exact) mass is 202 g/mol. The molecule has 10 heavy (non-hydrogen) atoms. The van der Waals surface area contributed by atoms with Crippen molar-refractivity contribution in [2.45, 2.75) is 0 Å². The van der Waals surface area contributed by atoms with Crippen LogP contribution in [0.1, 0.15) is 0 Å². The number of ether oxygens (including phenoxy) is 1. The minimum absolute atomic E-state index is 0.0539. The topological polar surface area (TPSA) is 52.1 Å². The first kappa shape index (κ1) is 7.14. The van der Waals surface area contributed by atoms with Crippen LogP contribution in [0.3, 0.4) is 0 Å². The van der Waals surface area contributed by atoms with Gasteiger partial charge in [-0.05, 0) is 15.9 Å². The summed E-state index contributed by atoms with van der Waals surface area (Å²) in [6, 6.07) is 0.0539. The highest BCUT2D eigenvalue weighted by molar-refractivity contribution is 9.10. The standard InChI is InChI=1S/C5H3BrN2O2/c6-4-1-7-5(8-2-4)10-3-9/h1-3H. The molecular formula is C5H3BrN2O2. The van der Waals surface area contributed by atoms with Crippen LogP contribution in [0.2, 0.25) is 0 Å². The average molecular weight is 203 g/mol. The van der Waals surface area contributed by atoms with Crippen LogP contribution in [-0.2, 0) is 4.79 Å². The van der Waals surface area contributed by atoms with Gasteiger partial charge in [-0.15, -0.1) is 0 Å². The molecule has 1 aromatic heterocycles. The van der Waals surface area contributed by atoms with Crippen molar-refractivity contribution < 1.29 is 9.53 Å². The third kappa shape index (κ3) is 1.77. The van der Waals surface area contributed by atoms with Gasteiger partial charge in [0.15, 0.2) is 0 Å². The second-order valence-electron chi connectivity index (χ2n) is 1.40. The number of carbonyl (C=O) groups is 1. The number of rotatable bonds is 2. The highest BCUT2D eigenvalue weighted by Crippen LogP contribution is 2.07. The molecule has 0 bridgehead atoms. The van der Waals surface area contributed by atoms with Crippen LogP contribution < -0.4 is 4.74 Å². The van der Waals surface area contributed by atoms with Crippen molar-refractivity contribution in [3.8, 4) is 6.01 Å². The summed E-state index contributed by atoms with van der Waals surface area (Å²) >= 11 is 3.13. The molecule has 0 aliphatic heterocycles. The molecule has 5 heteroatoms. The Morgan fingerprint density at radius 2 is 2.10 bits per heavy atom. The fourth-order valence-corrected chi connectivity index (χ4v) is 0.609. The van der Waals surface area contributed by atoms with Crippen LogP contribution in [-0.4, -0.2) is 16.4 Å². The predicted molar refractivity (Wildman–Crippen MR) is 36.4 cm³/mol. The highest BCUT2D eigenvalue weighted by Gasteiger charge is 1.93. The van der Waals surface area contributed by atoms with Gasteiger partial charge in [-0.3, -0.25) is 4.79 Å². The lowest BCUT2D eigenvalue weighted by atomic mass is 10.7. The molecule has 0 aromatic carbocycles. The van der Waals surface area contributed by atoms with E-state index in [1.54, 1.807) is 0 Å². The van der Waals surface area contributed by atoms with Gasteiger partial charge in [-0.25, -0.2) is 9.97 Å². The molecule has 1 rings (SSSR count). The van der Waals surface area contributed by atoms with Gasteiger partial charge >= 0.3 is 12.5 Å². The largest absolute Gasteiger partial charge is 0.393 e. The third-order valence-electron chi connectivity index (χ3n) is 0.750. The van der Waals surface area contributed by atoms with Gasteiger partial charge in [0.2, 0.25) is 0 Å². The summed E-state index contributed by atoms with van der Waals surface area (Å²) in [5, 5.41) is 0. The molecular weight excluding hydrogens is 200 g/mol. The Hall–Kier alpha value is -0.970. The Morgan fingerprint density at radius 3 is 2.60 bits per heavy atom. The van der Waals surface area contributed by atoms with E-state index >= 15 is 0 Å². The van der Waals surface area contributed by atoms with Gasteiger partial charge in [-0.1, -0.05) is 0 Å². The van der Waals surface area contributed by atoms with Crippen LogP contribution in [0.4, 0.5) is 0 Å². The molecule has 0 spiro atoms. The van der Waals surface area contributed by atoms with Gasteiger partial charge in [-0.2, -0.15) is 0 Å². The lowest BCUT2D eigenvalue weighted by Gasteiger charge is -1.92. The zero-order valence-electron chi connectivity index (χ0n) is 4.82. The number of carbonyl (C=O) groups excluding carboxylic acids is 1. The lowest BCUT2D eigenvalue weighted by molar-refractivity contribution is -0.121. The Morgan fingerprint density at radius 1 is 1.50 bits per heavy atom. The van der Waals surface area contributed by atoms with Gasteiger partial charge in [0.1, 0.15) is 0 Å². The number of hydrogen-bond donors (Lipinski definition) is 0. The Labute approximate surface area is 65.4 Å². The van der Waals surface area contributed by atoms with Crippen LogP contribution in [0.5, 0.6) is 6.01 Å². The third-order valence-corrected chi connectivity index (χ3v) is 1.16. The predicted octanol–water partition coefficient (Wildman–Crippen LogP) is 0.774. The molecule has 0 aliphatic carbocycles. The second-order valence-corrected chi connectivity index (χ2v) is 2.31. The maximum absolute atomic E-state index is 9.75. The Bertz CT molecular complexity index is 224. The van der Waals surface area contributed by atoms with Crippen molar-refractivity contribution >= 4 is 22.4 Å². The highest BCUT2D eigenvalue weighted by atomic mass is 79.9. The smallest absolute Gasteiger partial charge is 0.324 e. The SMILES string of the molecule is O=COc1ncc(Br)cn1. The molecule has 0 fully saturated rings. The molecule has 1 aromatic rings. The summed E-state index contributed by atoms with van der Waals surface area (Å²) in [5.74, 6) is 0. The molecule has 0 aliphatic rings. The summed E-state index contributed by atoms with van der Waals surface area (Å²) in [6.07, 6.45) is 2.98. The zero-order chi connectivity index (χ0) is 7.40. The van der Waals surface area contributed by atoms with Crippen molar-refractivity contribution in [3.05, 3.63) is 16.9 Å². The van der Waals surface area contributed by atoms with Gasteiger partial charge in [0.05, 0.1) is 4.47 Å². The normalized spacial score (nSPS) is 8.90. The van der Waals surface area contributed by atoms with Crippen LogP contribution in [0, 0.1) is 0 Å². The first-order chi connectivity index (χ1) is 4.83. The van der Waals surface area contributed by atoms with E-state index in [0.29, 0.717) is 0 Å². The van der Waals surface area contributed by atoms with Crippen molar-refractivity contribution in [2.75, 3.05) is 0 Å². The molecule has 0 unspecified atom stereocenters. The maximum Gasteiger partial charge on any atom is 0.324 e. The molecule has 0 amide bonds. The molecule has 0 saturated carbocycles. The summed E-state index contributed by atoms with van der Waals surface area (Å²) < 4.78 is 5.08. The summed E-state index contributed by atoms with van der Waals surface area (Å²) in [4.78, 5) is 17.1. The molecule has 0 atom stereocenters. The number of hydrogen-bond acceptors (Lipinski definition) is 4. The quantitative estimate of drug-likeness (QED) is 0.666. The zero-order valence-corrected chi connectivity index (χ0v) is 6.41. The summed E-state index contributed by atoms with van der Waals surface area (Å²) in [7, 11) is 0. The maximum atomic E-state index is 9.75. The Kier molecular flexibility index (Phi) is 2.33. The average Bonchev–Trinajstić information content (AvgIpc) is 1.95. The molecule has 0 N–H and O–H groups in total. The summed E-state index contributed by atoms with van der Waals surface area (Å²) in [6.45, 7) is 0.281. The van der Waals surface area contributed by atoms with E-state index in [1.807, 2.05) is 0 Å². The van der Waals surface area contributed by atoms with Crippen molar-refractivity contribution in [1.82, 2.24) is 9.97 Å². The molecule has 52 valence electrons. The minimum atomic E-state index is 0.0539. The first-order valence-corrected chi connectivity index (χ1v) is 3.20. The number of nitrogens with zero attached hydrogens (tertiary/aromatic N) is 2. The van der Waals surface area contributed by atoms with Crippen molar-refractivity contribution in [2.24, 2.45) is 0 Å². The Balaban J connectivity index is 2.78. The van der Waals surface area contributed by atoms with Gasteiger partial charge in [0.25, 0.3) is 0 Å². The lowest BCUT2D eigenvalue weighted by Crippen LogP contribution is -1.93. The molecule has 1 heterocycles. The number of halogens is 1. The fraction of sp³-hybridized carbons (Fsp3) is 0. The molecule has 4 nitrogen and oxygen atoms in total. The molecule has 0 radical (unpaired) electrons. The second kappa shape index (κ2) is 3.26. The summed E-state index contributed by atoms with van der Waals surface area (Å²) in [5.41, 5.74) is 0. The minimum Gasteiger partial charge on any atom is -0.393 e. The van der Waals surface area contributed by atoms with E-state index in [2.05, 4.69) is 30.6 Å². The van der Waals surface area contributed by atoms with Gasteiger partial charge in [0, 0.05) is 12.4 Å². The van der Waals surface area contributed by atoms with Crippen LogP contribution in [0.25, 0.3) is 0 Å². The van der Waals surface area contributed by atoms with E-state index < -0.39 is 0 Å². The number of aromatic nitrogens is 2. The van der Waals surface area contributed by atoms with Gasteiger partial charge < -0.3 is 4.74 Å². The van der Waals surface area contributed by atoms with Crippen molar-refractivity contribution in [3.63, 3.8) is 0 Å². The fourth-order valence-electron chi connectivity index (χ4n) is 0.404. The van der Waals surface area contributed by atoms with E-state index in [9.17, 15) is 4.79 Å². The van der Waals surface area contributed by atoms with Crippen molar-refractivity contribution in [1.29, 1.82) is 0 Å².